The number of hydrogen-bond donors (Lipinski definition) is 1. The molecular weight excluding hydrogens is 368 g/mol. The zero-order chi connectivity index (χ0) is 21.0. The molecule has 2 aromatic carbocycles. The lowest BCUT2D eigenvalue weighted by molar-refractivity contribution is -0.857. The van der Waals surface area contributed by atoms with Crippen molar-refractivity contribution >= 4 is 17.4 Å². The van der Waals surface area contributed by atoms with Crippen molar-refractivity contribution in [3.8, 4) is 5.75 Å². The Hall–Kier alpha value is -3.12. The number of carbonyl (C=O) groups excluding carboxylic acids is 2. The molecule has 1 aliphatic heterocycles. The average molecular weight is 394 g/mol. The maximum atomic E-state index is 13.2. The van der Waals surface area contributed by atoms with Crippen molar-refractivity contribution in [3.63, 3.8) is 0 Å². The molecule has 0 aliphatic carbocycles. The summed E-state index contributed by atoms with van der Waals surface area (Å²) >= 11 is 0. The van der Waals surface area contributed by atoms with Crippen molar-refractivity contribution in [1.29, 1.82) is 0 Å². The molecular formula is C23H26N2O4. The third kappa shape index (κ3) is 4.32. The van der Waals surface area contributed by atoms with Gasteiger partial charge < -0.3 is 19.6 Å². The van der Waals surface area contributed by atoms with Gasteiger partial charge in [-0.05, 0) is 30.2 Å². The molecule has 1 saturated heterocycles. The van der Waals surface area contributed by atoms with Gasteiger partial charge in [0, 0.05) is 5.57 Å². The zero-order valence-corrected chi connectivity index (χ0v) is 17.0. The number of amides is 1. The highest BCUT2D eigenvalue weighted by atomic mass is 16.5. The molecule has 1 atom stereocenters. The van der Waals surface area contributed by atoms with Gasteiger partial charge in [-0.15, -0.1) is 0 Å². The zero-order valence-electron chi connectivity index (χ0n) is 17.0. The van der Waals surface area contributed by atoms with Crippen LogP contribution in [-0.2, 0) is 9.59 Å². The SMILES string of the molecule is CCOc1ccc(C2C(=C([O-])c3ccccc3)C(=O)C(=O)N2CC[NH+](C)C)cc1. The van der Waals surface area contributed by atoms with Gasteiger partial charge in [-0.2, -0.15) is 0 Å². The van der Waals surface area contributed by atoms with Crippen LogP contribution in [0.5, 0.6) is 5.75 Å². The molecule has 1 unspecified atom stereocenters. The number of ketones is 1. The van der Waals surface area contributed by atoms with Crippen LogP contribution in [0.2, 0.25) is 0 Å². The van der Waals surface area contributed by atoms with Crippen LogP contribution in [0.3, 0.4) is 0 Å². The molecule has 6 nitrogen and oxygen atoms in total. The number of hydrogen-bond acceptors (Lipinski definition) is 4. The van der Waals surface area contributed by atoms with E-state index in [0.717, 1.165) is 10.5 Å². The van der Waals surface area contributed by atoms with Crippen molar-refractivity contribution < 1.29 is 24.3 Å². The Bertz CT molecular complexity index is 904. The predicted molar refractivity (Wildman–Crippen MR) is 108 cm³/mol. The van der Waals surface area contributed by atoms with Gasteiger partial charge in [0.05, 0.1) is 39.8 Å². The first kappa shape index (κ1) is 20.6. The molecule has 152 valence electrons. The topological polar surface area (TPSA) is 74.1 Å². The highest BCUT2D eigenvalue weighted by Crippen LogP contribution is 2.38. The van der Waals surface area contributed by atoms with Crippen molar-refractivity contribution in [1.82, 2.24) is 4.90 Å². The van der Waals surface area contributed by atoms with E-state index in [-0.39, 0.29) is 5.57 Å². The Kier molecular flexibility index (Phi) is 6.34. The van der Waals surface area contributed by atoms with Crippen LogP contribution in [0.25, 0.3) is 5.76 Å². The summed E-state index contributed by atoms with van der Waals surface area (Å²) in [7, 11) is 3.96. The molecule has 1 heterocycles. The number of nitrogens with one attached hydrogen (secondary N) is 1. The summed E-state index contributed by atoms with van der Waals surface area (Å²) in [4.78, 5) is 28.3. The van der Waals surface area contributed by atoms with E-state index in [1.165, 1.54) is 4.90 Å². The lowest BCUT2D eigenvalue weighted by Gasteiger charge is -2.27. The van der Waals surface area contributed by atoms with Gasteiger partial charge in [0.25, 0.3) is 5.91 Å². The highest BCUT2D eigenvalue weighted by molar-refractivity contribution is 6.46. The van der Waals surface area contributed by atoms with Crippen molar-refractivity contribution in [2.24, 2.45) is 0 Å². The van der Waals surface area contributed by atoms with Crippen LogP contribution in [0.1, 0.15) is 24.1 Å². The first-order valence-electron chi connectivity index (χ1n) is 9.77. The average Bonchev–Trinajstić information content (AvgIpc) is 2.98. The smallest absolute Gasteiger partial charge is 0.295 e. The molecule has 1 amide bonds. The fourth-order valence-electron chi connectivity index (χ4n) is 3.45. The lowest BCUT2D eigenvalue weighted by Crippen LogP contribution is -3.06. The molecule has 0 radical (unpaired) electrons. The molecule has 3 rings (SSSR count). The van der Waals surface area contributed by atoms with E-state index in [2.05, 4.69) is 0 Å². The van der Waals surface area contributed by atoms with Gasteiger partial charge in [0.1, 0.15) is 5.75 Å². The Morgan fingerprint density at radius 1 is 1.07 bits per heavy atom. The molecule has 29 heavy (non-hydrogen) atoms. The van der Waals surface area contributed by atoms with Gasteiger partial charge >= 0.3 is 0 Å². The normalized spacial score (nSPS) is 18.5. The number of quaternary nitrogens is 1. The third-order valence-electron chi connectivity index (χ3n) is 4.92. The van der Waals surface area contributed by atoms with Gasteiger partial charge in [0.15, 0.2) is 0 Å². The van der Waals surface area contributed by atoms with E-state index in [1.54, 1.807) is 42.5 Å². The molecule has 0 saturated carbocycles. The number of benzene rings is 2. The predicted octanol–water partition coefficient (Wildman–Crippen LogP) is 0.454. The summed E-state index contributed by atoms with van der Waals surface area (Å²) in [6.07, 6.45) is 0. The van der Waals surface area contributed by atoms with Crippen LogP contribution in [0.4, 0.5) is 0 Å². The number of ether oxygens (including phenoxy) is 1. The summed E-state index contributed by atoms with van der Waals surface area (Å²) in [6, 6.07) is 15.1. The highest BCUT2D eigenvalue weighted by Gasteiger charge is 2.44. The van der Waals surface area contributed by atoms with E-state index in [4.69, 9.17) is 4.74 Å². The molecule has 0 spiro atoms. The Morgan fingerprint density at radius 3 is 2.31 bits per heavy atom. The lowest BCUT2D eigenvalue weighted by atomic mass is 9.95. The van der Waals surface area contributed by atoms with E-state index >= 15 is 0 Å². The fourth-order valence-corrected chi connectivity index (χ4v) is 3.45. The second-order valence-corrected chi connectivity index (χ2v) is 7.30. The van der Waals surface area contributed by atoms with Crippen LogP contribution in [0.15, 0.2) is 60.2 Å². The number of Topliss-reactive ketones (excluding diaryl/α,β-unsaturated/α-hetero) is 1. The van der Waals surface area contributed by atoms with Gasteiger partial charge in [-0.1, -0.05) is 48.2 Å². The summed E-state index contributed by atoms with van der Waals surface area (Å²) in [5, 5.41) is 13.2. The van der Waals surface area contributed by atoms with E-state index < -0.39 is 23.5 Å². The summed E-state index contributed by atoms with van der Waals surface area (Å²) in [5.74, 6) is -1.04. The second-order valence-electron chi connectivity index (χ2n) is 7.30. The number of carbonyl (C=O) groups is 2. The van der Waals surface area contributed by atoms with Crippen LogP contribution < -0.4 is 14.7 Å². The summed E-state index contributed by atoms with van der Waals surface area (Å²) < 4.78 is 5.49. The number of likely N-dealkylation sites (tertiary alicyclic amines) is 1. The monoisotopic (exact) mass is 394 g/mol. The Morgan fingerprint density at radius 2 is 1.72 bits per heavy atom. The molecule has 6 heteroatoms. The fraction of sp³-hybridized carbons (Fsp3) is 0.304. The summed E-state index contributed by atoms with van der Waals surface area (Å²) in [5.41, 5.74) is 1.14. The quantitative estimate of drug-likeness (QED) is 0.421. The van der Waals surface area contributed by atoms with Crippen LogP contribution >= 0.6 is 0 Å². The minimum Gasteiger partial charge on any atom is -0.872 e. The van der Waals surface area contributed by atoms with Crippen molar-refractivity contribution in [3.05, 3.63) is 71.3 Å². The minimum atomic E-state index is -0.716. The second kappa shape index (κ2) is 8.92. The first-order valence-corrected chi connectivity index (χ1v) is 9.77. The number of nitrogens with zero attached hydrogens (tertiary/aromatic N) is 1. The van der Waals surface area contributed by atoms with E-state index in [0.29, 0.717) is 31.0 Å². The van der Waals surface area contributed by atoms with Gasteiger partial charge in [0.2, 0.25) is 5.78 Å². The van der Waals surface area contributed by atoms with Crippen LogP contribution in [0, 0.1) is 0 Å². The number of rotatable bonds is 7. The standard InChI is InChI=1S/C23H26N2O4/c1-4-29-18-12-10-16(11-13-18)20-19(21(26)17-8-6-5-7-9-17)22(27)23(28)25(20)15-14-24(2)3/h5-13,20,26H,4,14-15H2,1-3H3. The van der Waals surface area contributed by atoms with E-state index in [9.17, 15) is 14.7 Å². The van der Waals surface area contributed by atoms with E-state index in [1.807, 2.05) is 33.2 Å². The van der Waals surface area contributed by atoms with Gasteiger partial charge in [-0.25, -0.2) is 0 Å². The molecule has 1 aliphatic rings. The third-order valence-corrected chi connectivity index (χ3v) is 4.92. The first-order chi connectivity index (χ1) is 13.9. The molecule has 2 aromatic rings. The van der Waals surface area contributed by atoms with Crippen molar-refractivity contribution in [2.45, 2.75) is 13.0 Å². The largest absolute Gasteiger partial charge is 0.872 e. The number of likely N-dealkylation sites (N-methyl/N-ethyl adjacent to an activating group) is 1. The maximum Gasteiger partial charge on any atom is 0.295 e. The molecule has 0 aromatic heterocycles. The molecule has 0 bridgehead atoms. The molecule has 1 N–H and O–H groups in total. The Labute approximate surface area is 171 Å². The van der Waals surface area contributed by atoms with Gasteiger partial charge in [-0.3, -0.25) is 9.59 Å². The van der Waals surface area contributed by atoms with Crippen molar-refractivity contribution in [2.75, 3.05) is 33.8 Å². The van der Waals surface area contributed by atoms with Crippen LogP contribution in [-0.4, -0.2) is 50.4 Å². The maximum absolute atomic E-state index is 13.2. The minimum absolute atomic E-state index is 0.0131. The Balaban J connectivity index is 2.09. The molecule has 1 fully saturated rings. The summed E-state index contributed by atoms with van der Waals surface area (Å²) in [6.45, 7) is 3.50.